The summed E-state index contributed by atoms with van der Waals surface area (Å²) in [5.41, 5.74) is 1.59. The van der Waals surface area contributed by atoms with Crippen molar-refractivity contribution < 1.29 is 19.0 Å². The molecular weight excluding hydrogens is 335 g/mol. The molecule has 0 spiro atoms. The molecule has 138 valence electrons. The molecule has 2 amide bonds. The zero-order chi connectivity index (χ0) is 18.5. The minimum Gasteiger partial charge on any atom is -0.489 e. The van der Waals surface area contributed by atoms with Gasteiger partial charge in [0.1, 0.15) is 18.2 Å². The summed E-state index contributed by atoms with van der Waals surface area (Å²) in [4.78, 5) is 13.9. The van der Waals surface area contributed by atoms with Gasteiger partial charge in [-0.1, -0.05) is 12.1 Å². The minimum atomic E-state index is -0.303. The first-order chi connectivity index (χ1) is 12.5. The molecule has 1 aliphatic rings. The Hall–Kier alpha value is -2.60. The lowest BCUT2D eigenvalue weighted by Crippen LogP contribution is -2.41. The molecule has 0 aliphatic heterocycles. The Labute approximate surface area is 152 Å². The number of carbonyl (C=O) groups is 1. The second-order valence-corrected chi connectivity index (χ2v) is 6.74. The first-order valence-corrected chi connectivity index (χ1v) is 8.67. The Kier molecular flexibility index (Phi) is 5.73. The lowest BCUT2D eigenvalue weighted by atomic mass is 9.82. The number of nitrogens with zero attached hydrogens (tertiary/aromatic N) is 1. The van der Waals surface area contributed by atoms with Gasteiger partial charge in [0.05, 0.1) is 6.10 Å². The number of rotatable bonds is 6. The van der Waals surface area contributed by atoms with Gasteiger partial charge in [-0.05, 0) is 60.7 Å². The van der Waals surface area contributed by atoms with Crippen molar-refractivity contribution in [3.63, 3.8) is 0 Å². The van der Waals surface area contributed by atoms with Crippen molar-refractivity contribution >= 4 is 11.7 Å². The maximum Gasteiger partial charge on any atom is 0.321 e. The summed E-state index contributed by atoms with van der Waals surface area (Å²) in [5.74, 6) is 0.655. The number of ether oxygens (including phenoxy) is 1. The standard InChI is InChI=1S/C20H23FN2O3/c1-23(12-15-10-18(24)11-15)20(25)22-17-4-2-3-14(9-17)13-26-19-7-5-16(21)6-8-19/h2-9,15,18,24H,10-13H2,1H3,(H,22,25). The molecule has 0 bridgehead atoms. The van der Waals surface area contributed by atoms with E-state index in [1.165, 1.54) is 12.1 Å². The van der Waals surface area contributed by atoms with E-state index in [4.69, 9.17) is 4.74 Å². The summed E-state index contributed by atoms with van der Waals surface area (Å²) < 4.78 is 18.5. The van der Waals surface area contributed by atoms with Crippen molar-refractivity contribution in [3.05, 3.63) is 59.9 Å². The molecule has 1 fully saturated rings. The van der Waals surface area contributed by atoms with Crippen LogP contribution >= 0.6 is 0 Å². The number of hydrogen-bond donors (Lipinski definition) is 2. The maximum atomic E-state index is 12.9. The highest BCUT2D eigenvalue weighted by Crippen LogP contribution is 2.27. The molecule has 26 heavy (non-hydrogen) atoms. The summed E-state index contributed by atoms with van der Waals surface area (Å²) >= 11 is 0. The molecule has 6 heteroatoms. The SMILES string of the molecule is CN(CC1CC(O)C1)C(=O)Nc1cccc(COc2ccc(F)cc2)c1. The van der Waals surface area contributed by atoms with Gasteiger partial charge >= 0.3 is 6.03 Å². The zero-order valence-electron chi connectivity index (χ0n) is 14.7. The molecule has 5 nitrogen and oxygen atoms in total. The predicted octanol–water partition coefficient (Wildman–Crippen LogP) is 3.64. The normalized spacial score (nSPS) is 18.7. The van der Waals surface area contributed by atoms with Crippen LogP contribution in [0.15, 0.2) is 48.5 Å². The van der Waals surface area contributed by atoms with Gasteiger partial charge < -0.3 is 20.1 Å². The van der Waals surface area contributed by atoms with Gasteiger partial charge in [0, 0.05) is 19.3 Å². The number of halogens is 1. The molecule has 0 heterocycles. The highest BCUT2D eigenvalue weighted by molar-refractivity contribution is 5.89. The predicted molar refractivity (Wildman–Crippen MR) is 97.6 cm³/mol. The van der Waals surface area contributed by atoms with Crippen LogP contribution in [0, 0.1) is 11.7 Å². The first-order valence-electron chi connectivity index (χ1n) is 8.67. The van der Waals surface area contributed by atoms with Gasteiger partial charge in [0.2, 0.25) is 0 Å². The third-order valence-corrected chi connectivity index (χ3v) is 4.49. The fraction of sp³-hybridized carbons (Fsp3) is 0.350. The van der Waals surface area contributed by atoms with Crippen LogP contribution in [0.1, 0.15) is 18.4 Å². The van der Waals surface area contributed by atoms with Crippen LogP contribution < -0.4 is 10.1 Å². The van der Waals surface area contributed by atoms with Crippen LogP contribution in [0.3, 0.4) is 0 Å². The van der Waals surface area contributed by atoms with Crippen LogP contribution in [0.4, 0.5) is 14.9 Å². The van der Waals surface area contributed by atoms with E-state index in [1.807, 2.05) is 24.3 Å². The van der Waals surface area contributed by atoms with Gasteiger partial charge in [-0.3, -0.25) is 0 Å². The van der Waals surface area contributed by atoms with E-state index in [-0.39, 0.29) is 18.0 Å². The van der Waals surface area contributed by atoms with Crippen molar-refractivity contribution in [2.75, 3.05) is 18.9 Å². The Bertz CT molecular complexity index is 745. The number of aliphatic hydroxyl groups excluding tert-OH is 1. The number of amides is 2. The van der Waals surface area contributed by atoms with Gasteiger partial charge in [0.25, 0.3) is 0 Å². The molecule has 2 aromatic carbocycles. The van der Waals surface area contributed by atoms with E-state index >= 15 is 0 Å². The summed E-state index contributed by atoms with van der Waals surface area (Å²) in [6, 6.07) is 13.1. The third-order valence-electron chi connectivity index (χ3n) is 4.49. The van der Waals surface area contributed by atoms with Crippen LogP contribution in [-0.2, 0) is 6.61 Å². The Balaban J connectivity index is 1.51. The third kappa shape index (κ3) is 4.95. The molecule has 2 aromatic rings. The van der Waals surface area contributed by atoms with Crippen molar-refractivity contribution in [1.82, 2.24) is 4.90 Å². The molecule has 1 aliphatic carbocycles. The molecule has 0 unspecified atom stereocenters. The van der Waals surface area contributed by atoms with E-state index < -0.39 is 0 Å². The topological polar surface area (TPSA) is 61.8 Å². The lowest BCUT2D eigenvalue weighted by molar-refractivity contribution is 0.0332. The number of anilines is 1. The summed E-state index contributed by atoms with van der Waals surface area (Å²) in [6.45, 7) is 0.960. The number of carbonyl (C=O) groups excluding carboxylic acids is 1. The largest absolute Gasteiger partial charge is 0.489 e. The van der Waals surface area contributed by atoms with Gasteiger partial charge in [-0.2, -0.15) is 0 Å². The lowest BCUT2D eigenvalue weighted by Gasteiger charge is -2.34. The molecule has 0 saturated heterocycles. The summed E-state index contributed by atoms with van der Waals surface area (Å²) in [6.07, 6.45) is 1.30. The molecular formula is C20H23FN2O3. The van der Waals surface area contributed by atoms with Crippen molar-refractivity contribution in [2.45, 2.75) is 25.6 Å². The summed E-state index contributed by atoms with van der Waals surface area (Å²) in [5, 5.41) is 12.2. The zero-order valence-corrected chi connectivity index (χ0v) is 14.7. The molecule has 1 saturated carbocycles. The molecule has 0 aromatic heterocycles. The van der Waals surface area contributed by atoms with Crippen LogP contribution in [-0.4, -0.2) is 35.7 Å². The van der Waals surface area contributed by atoms with Crippen molar-refractivity contribution in [1.29, 1.82) is 0 Å². The second-order valence-electron chi connectivity index (χ2n) is 6.74. The van der Waals surface area contributed by atoms with Crippen LogP contribution in [0.5, 0.6) is 5.75 Å². The average Bonchev–Trinajstić information content (AvgIpc) is 2.60. The number of benzene rings is 2. The minimum absolute atomic E-state index is 0.178. The molecule has 0 radical (unpaired) electrons. The molecule has 2 N–H and O–H groups in total. The van der Waals surface area contributed by atoms with E-state index in [1.54, 1.807) is 24.1 Å². The Morgan fingerprint density at radius 1 is 1.27 bits per heavy atom. The van der Waals surface area contributed by atoms with E-state index in [2.05, 4.69) is 5.32 Å². The Morgan fingerprint density at radius 3 is 2.69 bits per heavy atom. The van der Waals surface area contributed by atoms with Crippen molar-refractivity contribution in [3.8, 4) is 5.75 Å². The number of aliphatic hydroxyl groups is 1. The number of hydrogen-bond acceptors (Lipinski definition) is 3. The average molecular weight is 358 g/mol. The smallest absolute Gasteiger partial charge is 0.321 e. The van der Waals surface area contributed by atoms with Gasteiger partial charge in [-0.15, -0.1) is 0 Å². The fourth-order valence-electron chi connectivity index (χ4n) is 2.98. The summed E-state index contributed by atoms with van der Waals surface area (Å²) in [7, 11) is 1.75. The van der Waals surface area contributed by atoms with E-state index in [0.29, 0.717) is 30.5 Å². The van der Waals surface area contributed by atoms with Crippen molar-refractivity contribution in [2.24, 2.45) is 5.92 Å². The van der Waals surface area contributed by atoms with Gasteiger partial charge in [0.15, 0.2) is 0 Å². The quantitative estimate of drug-likeness (QED) is 0.829. The van der Waals surface area contributed by atoms with Gasteiger partial charge in [-0.25, -0.2) is 9.18 Å². The molecule has 0 atom stereocenters. The second kappa shape index (κ2) is 8.19. The highest BCUT2D eigenvalue weighted by Gasteiger charge is 2.29. The number of urea groups is 1. The highest BCUT2D eigenvalue weighted by atomic mass is 19.1. The first kappa shape index (κ1) is 18.2. The van der Waals surface area contributed by atoms with Crippen LogP contribution in [0.2, 0.25) is 0 Å². The van der Waals surface area contributed by atoms with Crippen LogP contribution in [0.25, 0.3) is 0 Å². The Morgan fingerprint density at radius 2 is 2.00 bits per heavy atom. The molecule has 3 rings (SSSR count). The van der Waals surface area contributed by atoms with E-state index in [0.717, 1.165) is 18.4 Å². The fourth-order valence-corrected chi connectivity index (χ4v) is 2.98. The monoisotopic (exact) mass is 358 g/mol. The number of nitrogens with one attached hydrogen (secondary N) is 1. The van der Waals surface area contributed by atoms with E-state index in [9.17, 15) is 14.3 Å². The maximum absolute atomic E-state index is 12.9.